The third-order valence-corrected chi connectivity index (χ3v) is 2.06. The van der Waals surface area contributed by atoms with Gasteiger partial charge in [0, 0.05) is 0 Å². The summed E-state index contributed by atoms with van der Waals surface area (Å²) in [4.78, 5) is 12.8. The second-order valence-corrected chi connectivity index (χ2v) is 3.15. The molecule has 0 spiro atoms. The van der Waals surface area contributed by atoms with Crippen molar-refractivity contribution in [2.45, 2.75) is 0 Å². The molecule has 1 aromatic carbocycles. The van der Waals surface area contributed by atoms with Crippen LogP contribution in [0.1, 0.15) is 10.4 Å². The number of phenolic OH excluding ortho intramolecular Hbond substituents is 2. The number of carbonyl (C=O) groups excluding carboxylic acids is 1. The fraction of sp³-hybridized carbons (Fsp3) is 0.182. The highest BCUT2D eigenvalue weighted by atomic mass is 16.3. The lowest BCUT2D eigenvalue weighted by molar-refractivity contribution is 0.0791. The maximum atomic E-state index is 11.9. The van der Waals surface area contributed by atoms with Gasteiger partial charge in [-0.3, -0.25) is 4.79 Å². The molecule has 17 heavy (non-hydrogen) atoms. The average Bonchev–Trinajstić information content (AvgIpc) is 2.31. The van der Waals surface area contributed by atoms with Crippen molar-refractivity contribution < 1.29 is 15.0 Å². The molecule has 1 amide bonds. The van der Waals surface area contributed by atoms with Crippen molar-refractivity contribution in [3.05, 3.63) is 23.8 Å². The van der Waals surface area contributed by atoms with E-state index in [2.05, 4.69) is 0 Å². The molecular formula is C11H9N3O3. The number of nitriles is 2. The van der Waals surface area contributed by atoms with Crippen LogP contribution in [0.4, 0.5) is 0 Å². The zero-order valence-corrected chi connectivity index (χ0v) is 8.79. The molecule has 0 saturated carbocycles. The standard InChI is InChI=1S/C11H9N3O3/c12-4-6-14(7-5-13)11(17)8-2-1-3-9(15)10(8)16/h1-3,15-16H,6-7H2. The highest BCUT2D eigenvalue weighted by Gasteiger charge is 2.19. The summed E-state index contributed by atoms with van der Waals surface area (Å²) in [5, 5.41) is 35.8. The highest BCUT2D eigenvalue weighted by Crippen LogP contribution is 2.28. The number of aromatic hydroxyl groups is 2. The molecule has 1 rings (SSSR count). The third kappa shape index (κ3) is 2.64. The van der Waals surface area contributed by atoms with E-state index in [-0.39, 0.29) is 18.7 Å². The first-order valence-electron chi connectivity index (χ1n) is 4.66. The zero-order valence-electron chi connectivity index (χ0n) is 8.79. The van der Waals surface area contributed by atoms with Crippen LogP contribution in [0.15, 0.2) is 18.2 Å². The zero-order chi connectivity index (χ0) is 12.8. The van der Waals surface area contributed by atoms with Crippen LogP contribution in [0.25, 0.3) is 0 Å². The van der Waals surface area contributed by atoms with Crippen LogP contribution in [0.2, 0.25) is 0 Å². The minimum Gasteiger partial charge on any atom is -0.504 e. The van der Waals surface area contributed by atoms with Gasteiger partial charge in [0.05, 0.1) is 17.7 Å². The second-order valence-electron chi connectivity index (χ2n) is 3.15. The molecule has 6 heteroatoms. The summed E-state index contributed by atoms with van der Waals surface area (Å²) >= 11 is 0. The number of amides is 1. The van der Waals surface area contributed by atoms with Gasteiger partial charge in [-0.05, 0) is 12.1 Å². The van der Waals surface area contributed by atoms with Crippen molar-refractivity contribution in [3.63, 3.8) is 0 Å². The summed E-state index contributed by atoms with van der Waals surface area (Å²) in [6, 6.07) is 7.41. The van der Waals surface area contributed by atoms with Gasteiger partial charge in [-0.25, -0.2) is 0 Å². The van der Waals surface area contributed by atoms with Gasteiger partial charge in [0.1, 0.15) is 13.1 Å². The minimum absolute atomic E-state index is 0.143. The summed E-state index contributed by atoms with van der Waals surface area (Å²) in [5.74, 6) is -1.66. The molecule has 2 N–H and O–H groups in total. The topological polar surface area (TPSA) is 108 Å². The van der Waals surface area contributed by atoms with E-state index in [0.717, 1.165) is 4.90 Å². The van der Waals surface area contributed by atoms with E-state index in [4.69, 9.17) is 10.5 Å². The quantitative estimate of drug-likeness (QED) is 0.584. The largest absolute Gasteiger partial charge is 0.504 e. The Labute approximate surface area is 97.6 Å². The Bertz CT molecular complexity index is 498. The Morgan fingerprint density at radius 1 is 1.24 bits per heavy atom. The van der Waals surface area contributed by atoms with E-state index >= 15 is 0 Å². The van der Waals surface area contributed by atoms with E-state index in [1.165, 1.54) is 18.2 Å². The Morgan fingerprint density at radius 3 is 2.35 bits per heavy atom. The van der Waals surface area contributed by atoms with Crippen LogP contribution in [0, 0.1) is 22.7 Å². The van der Waals surface area contributed by atoms with E-state index in [1.807, 2.05) is 0 Å². The molecule has 0 aliphatic carbocycles. The molecule has 6 nitrogen and oxygen atoms in total. The Kier molecular flexibility index (Phi) is 3.91. The molecule has 0 aliphatic rings. The Morgan fingerprint density at radius 2 is 1.82 bits per heavy atom. The highest BCUT2D eigenvalue weighted by molar-refractivity contribution is 5.97. The molecular weight excluding hydrogens is 222 g/mol. The number of para-hydroxylation sites is 1. The van der Waals surface area contributed by atoms with Gasteiger partial charge >= 0.3 is 0 Å². The number of nitrogens with zero attached hydrogens (tertiary/aromatic N) is 3. The van der Waals surface area contributed by atoms with Crippen molar-refractivity contribution in [2.75, 3.05) is 13.1 Å². The molecule has 0 atom stereocenters. The van der Waals surface area contributed by atoms with E-state index in [9.17, 15) is 15.0 Å². The lowest BCUT2D eigenvalue weighted by Crippen LogP contribution is -2.31. The smallest absolute Gasteiger partial charge is 0.259 e. The molecule has 86 valence electrons. The molecule has 1 aromatic rings. The van der Waals surface area contributed by atoms with Gasteiger partial charge in [-0.2, -0.15) is 10.5 Å². The Hall–Kier alpha value is -2.73. The fourth-order valence-corrected chi connectivity index (χ4v) is 1.24. The number of phenols is 2. The Balaban J connectivity index is 3.07. The van der Waals surface area contributed by atoms with Gasteiger partial charge in [-0.15, -0.1) is 0 Å². The summed E-state index contributed by atoms with van der Waals surface area (Å²) in [7, 11) is 0. The van der Waals surface area contributed by atoms with Crippen LogP contribution < -0.4 is 0 Å². The predicted molar refractivity (Wildman–Crippen MR) is 56.9 cm³/mol. The van der Waals surface area contributed by atoms with E-state index in [1.54, 1.807) is 12.1 Å². The van der Waals surface area contributed by atoms with Crippen LogP contribution >= 0.6 is 0 Å². The SMILES string of the molecule is N#CCN(CC#N)C(=O)c1cccc(O)c1O. The lowest BCUT2D eigenvalue weighted by atomic mass is 10.1. The molecule has 0 radical (unpaired) electrons. The van der Waals surface area contributed by atoms with Crippen LogP contribution in [-0.4, -0.2) is 34.1 Å². The molecule has 0 unspecified atom stereocenters. The summed E-state index contributed by atoms with van der Waals surface area (Å²) in [6.45, 7) is -0.525. The third-order valence-electron chi connectivity index (χ3n) is 2.06. The summed E-state index contributed by atoms with van der Waals surface area (Å²) < 4.78 is 0. The summed E-state index contributed by atoms with van der Waals surface area (Å²) in [6.07, 6.45) is 0. The van der Waals surface area contributed by atoms with Gasteiger partial charge in [0.15, 0.2) is 11.5 Å². The van der Waals surface area contributed by atoms with Gasteiger partial charge in [-0.1, -0.05) is 6.07 Å². The monoisotopic (exact) mass is 231 g/mol. The summed E-state index contributed by atoms with van der Waals surface area (Å²) in [5.41, 5.74) is -0.143. The van der Waals surface area contributed by atoms with Gasteiger partial charge < -0.3 is 15.1 Å². The first-order chi connectivity index (χ1) is 8.11. The van der Waals surface area contributed by atoms with Gasteiger partial charge in [0.2, 0.25) is 0 Å². The number of hydrogen-bond acceptors (Lipinski definition) is 5. The van der Waals surface area contributed by atoms with Crippen molar-refractivity contribution in [3.8, 4) is 23.6 Å². The predicted octanol–water partition coefficient (Wildman–Crippen LogP) is 0.587. The minimum atomic E-state index is -0.679. The first-order valence-corrected chi connectivity index (χ1v) is 4.66. The van der Waals surface area contributed by atoms with Crippen molar-refractivity contribution in [2.24, 2.45) is 0 Å². The second kappa shape index (κ2) is 5.38. The van der Waals surface area contributed by atoms with Crippen molar-refractivity contribution >= 4 is 5.91 Å². The molecule has 0 fully saturated rings. The van der Waals surface area contributed by atoms with Crippen LogP contribution in [0.3, 0.4) is 0 Å². The molecule has 0 aromatic heterocycles. The molecule has 0 saturated heterocycles. The van der Waals surface area contributed by atoms with Crippen LogP contribution in [-0.2, 0) is 0 Å². The first kappa shape index (κ1) is 12.3. The number of carbonyl (C=O) groups is 1. The van der Waals surface area contributed by atoms with E-state index < -0.39 is 17.4 Å². The fourth-order valence-electron chi connectivity index (χ4n) is 1.24. The van der Waals surface area contributed by atoms with Crippen molar-refractivity contribution in [1.82, 2.24) is 4.90 Å². The number of hydrogen-bond donors (Lipinski definition) is 2. The number of benzene rings is 1. The van der Waals surface area contributed by atoms with E-state index in [0.29, 0.717) is 0 Å². The van der Waals surface area contributed by atoms with Crippen LogP contribution in [0.5, 0.6) is 11.5 Å². The normalized spacial score (nSPS) is 9.06. The lowest BCUT2D eigenvalue weighted by Gasteiger charge is -2.16. The van der Waals surface area contributed by atoms with Crippen molar-refractivity contribution in [1.29, 1.82) is 10.5 Å². The maximum Gasteiger partial charge on any atom is 0.259 e. The molecule has 0 bridgehead atoms. The molecule has 0 heterocycles. The number of rotatable bonds is 3. The maximum absolute atomic E-state index is 11.9. The molecule has 0 aliphatic heterocycles. The average molecular weight is 231 g/mol. The van der Waals surface area contributed by atoms with Gasteiger partial charge in [0.25, 0.3) is 5.91 Å².